The Morgan fingerprint density at radius 1 is 1.23 bits per heavy atom. The molecule has 1 fully saturated rings. The van der Waals surface area contributed by atoms with Gasteiger partial charge in [0, 0.05) is 24.6 Å². The number of nitrogens with one attached hydrogen (secondary N) is 1. The van der Waals surface area contributed by atoms with Crippen LogP contribution >= 0.6 is 0 Å². The van der Waals surface area contributed by atoms with E-state index < -0.39 is 5.97 Å². The van der Waals surface area contributed by atoms with E-state index in [1.54, 1.807) is 29.2 Å². The summed E-state index contributed by atoms with van der Waals surface area (Å²) in [7, 11) is 0. The zero-order chi connectivity index (χ0) is 18.9. The molecule has 1 saturated heterocycles. The molecule has 26 heavy (non-hydrogen) atoms. The quantitative estimate of drug-likeness (QED) is 0.738. The summed E-state index contributed by atoms with van der Waals surface area (Å²) in [5.41, 5.74) is 0.460. The maximum atomic E-state index is 12.5. The molecule has 0 radical (unpaired) electrons. The van der Waals surface area contributed by atoms with E-state index in [2.05, 4.69) is 5.32 Å². The van der Waals surface area contributed by atoms with Crippen LogP contribution in [0, 0.1) is 0 Å². The van der Waals surface area contributed by atoms with Crippen LogP contribution in [0.3, 0.4) is 0 Å². The molecule has 0 aliphatic carbocycles. The van der Waals surface area contributed by atoms with Gasteiger partial charge in [-0.25, -0.2) is 0 Å². The van der Waals surface area contributed by atoms with Crippen molar-refractivity contribution in [2.45, 2.75) is 45.1 Å². The molecule has 1 heterocycles. The molecular formula is C19H26N2O5. The lowest BCUT2D eigenvalue weighted by atomic mass is 9.98. The minimum atomic E-state index is -0.855. The molecule has 0 spiro atoms. The van der Waals surface area contributed by atoms with Crippen LogP contribution in [0.5, 0.6) is 5.75 Å². The minimum absolute atomic E-state index is 0.0486. The lowest BCUT2D eigenvalue weighted by molar-refractivity contribution is -0.139. The highest BCUT2D eigenvalue weighted by Gasteiger charge is 2.27. The number of piperidine rings is 1. The van der Waals surface area contributed by atoms with Crippen LogP contribution in [0.2, 0.25) is 0 Å². The molecule has 142 valence electrons. The summed E-state index contributed by atoms with van der Waals surface area (Å²) in [4.78, 5) is 37.2. The van der Waals surface area contributed by atoms with Gasteiger partial charge < -0.3 is 20.1 Å². The van der Waals surface area contributed by atoms with Crippen LogP contribution < -0.4 is 10.1 Å². The number of carboxylic acid groups (broad SMARTS) is 1. The Morgan fingerprint density at radius 3 is 2.62 bits per heavy atom. The lowest BCUT2D eigenvalue weighted by Crippen LogP contribution is -2.48. The zero-order valence-electron chi connectivity index (χ0n) is 15.1. The molecule has 1 atom stereocenters. The van der Waals surface area contributed by atoms with Gasteiger partial charge in [0.25, 0.3) is 5.91 Å². The number of carbonyl (C=O) groups is 3. The van der Waals surface area contributed by atoms with Crippen molar-refractivity contribution in [1.29, 1.82) is 0 Å². The van der Waals surface area contributed by atoms with Crippen LogP contribution in [0.1, 0.15) is 49.4 Å². The maximum Gasteiger partial charge on any atom is 0.303 e. The van der Waals surface area contributed by atoms with Gasteiger partial charge in [0.1, 0.15) is 5.75 Å². The number of carboxylic acids is 1. The van der Waals surface area contributed by atoms with E-state index in [1.165, 1.54) is 0 Å². The fourth-order valence-corrected chi connectivity index (χ4v) is 3.15. The fourth-order valence-electron chi connectivity index (χ4n) is 3.15. The molecule has 1 aliphatic rings. The third kappa shape index (κ3) is 5.75. The Kier molecular flexibility index (Phi) is 7.44. The van der Waals surface area contributed by atoms with Crippen molar-refractivity contribution in [3.63, 3.8) is 0 Å². The number of ether oxygens (including phenoxy) is 1. The molecular weight excluding hydrogens is 336 g/mol. The molecule has 2 amide bonds. The molecule has 2 N–H and O–H groups in total. The molecule has 0 bridgehead atoms. The van der Waals surface area contributed by atoms with Gasteiger partial charge in [-0.2, -0.15) is 0 Å². The Bertz CT molecular complexity index is 629. The summed E-state index contributed by atoms with van der Waals surface area (Å²) < 4.78 is 5.34. The number of rotatable bonds is 8. The predicted octanol–water partition coefficient (Wildman–Crippen LogP) is 2.06. The van der Waals surface area contributed by atoms with Crippen molar-refractivity contribution in [2.24, 2.45) is 0 Å². The predicted molar refractivity (Wildman–Crippen MR) is 96.2 cm³/mol. The second-order valence-electron chi connectivity index (χ2n) is 6.31. The minimum Gasteiger partial charge on any atom is -0.494 e. The van der Waals surface area contributed by atoms with Gasteiger partial charge in [-0.05, 0) is 56.9 Å². The van der Waals surface area contributed by atoms with Crippen molar-refractivity contribution in [1.82, 2.24) is 10.2 Å². The first kappa shape index (κ1) is 19.8. The molecule has 1 aliphatic heterocycles. The van der Waals surface area contributed by atoms with Crippen LogP contribution in [-0.2, 0) is 9.59 Å². The third-order valence-electron chi connectivity index (χ3n) is 4.47. The van der Waals surface area contributed by atoms with Crippen LogP contribution in [0.4, 0.5) is 0 Å². The molecule has 1 unspecified atom stereocenters. The van der Waals surface area contributed by atoms with E-state index in [1.807, 2.05) is 6.92 Å². The van der Waals surface area contributed by atoms with E-state index in [0.29, 0.717) is 30.9 Å². The Balaban J connectivity index is 1.87. The van der Waals surface area contributed by atoms with Gasteiger partial charge in [0.2, 0.25) is 5.91 Å². The average Bonchev–Trinajstić information content (AvgIpc) is 2.65. The first-order chi connectivity index (χ1) is 12.5. The molecule has 1 aromatic rings. The van der Waals surface area contributed by atoms with E-state index in [4.69, 9.17) is 9.84 Å². The highest BCUT2D eigenvalue weighted by Crippen LogP contribution is 2.21. The lowest BCUT2D eigenvalue weighted by Gasteiger charge is -2.35. The summed E-state index contributed by atoms with van der Waals surface area (Å²) in [5.74, 6) is -0.652. The second-order valence-corrected chi connectivity index (χ2v) is 6.31. The fraction of sp³-hybridized carbons (Fsp3) is 0.526. The van der Waals surface area contributed by atoms with Gasteiger partial charge in [-0.1, -0.05) is 0 Å². The molecule has 7 heteroatoms. The summed E-state index contributed by atoms with van der Waals surface area (Å²) in [6.45, 7) is 2.97. The van der Waals surface area contributed by atoms with Crippen molar-refractivity contribution >= 4 is 17.8 Å². The van der Waals surface area contributed by atoms with E-state index >= 15 is 0 Å². The topological polar surface area (TPSA) is 95.9 Å². The zero-order valence-corrected chi connectivity index (χ0v) is 15.1. The van der Waals surface area contributed by atoms with Gasteiger partial charge >= 0.3 is 5.97 Å². The van der Waals surface area contributed by atoms with Crippen molar-refractivity contribution in [3.05, 3.63) is 29.8 Å². The number of likely N-dealkylation sites (tertiary alicyclic amines) is 1. The summed E-state index contributed by atoms with van der Waals surface area (Å²) >= 11 is 0. The number of benzene rings is 1. The number of hydrogen-bond donors (Lipinski definition) is 2. The van der Waals surface area contributed by atoms with Gasteiger partial charge in [-0.15, -0.1) is 0 Å². The molecule has 2 rings (SSSR count). The standard InChI is InChI=1S/C19H26N2O5/c1-2-26-16-9-6-14(7-10-16)19(25)20-13-17(22)21-12-4-3-5-15(21)8-11-18(23)24/h6-7,9-10,15H,2-5,8,11-13H2,1H3,(H,20,25)(H,23,24). The monoisotopic (exact) mass is 362 g/mol. The number of hydrogen-bond acceptors (Lipinski definition) is 4. The van der Waals surface area contributed by atoms with Crippen molar-refractivity contribution < 1.29 is 24.2 Å². The van der Waals surface area contributed by atoms with E-state index in [0.717, 1.165) is 19.3 Å². The number of nitrogens with zero attached hydrogens (tertiary/aromatic N) is 1. The second kappa shape index (κ2) is 9.79. The first-order valence-electron chi connectivity index (χ1n) is 9.03. The SMILES string of the molecule is CCOc1ccc(C(=O)NCC(=O)N2CCCCC2CCC(=O)O)cc1. The van der Waals surface area contributed by atoms with Crippen LogP contribution in [-0.4, -0.2) is 53.5 Å². The van der Waals surface area contributed by atoms with Gasteiger partial charge in [0.05, 0.1) is 13.2 Å². The molecule has 0 saturated carbocycles. The maximum absolute atomic E-state index is 12.5. The molecule has 7 nitrogen and oxygen atoms in total. The Morgan fingerprint density at radius 2 is 1.96 bits per heavy atom. The highest BCUT2D eigenvalue weighted by molar-refractivity contribution is 5.96. The summed E-state index contributed by atoms with van der Waals surface area (Å²) in [5, 5.41) is 11.5. The van der Waals surface area contributed by atoms with Gasteiger partial charge in [0.15, 0.2) is 0 Å². The Hall–Kier alpha value is -2.57. The largest absolute Gasteiger partial charge is 0.494 e. The first-order valence-corrected chi connectivity index (χ1v) is 9.03. The van der Waals surface area contributed by atoms with Crippen molar-refractivity contribution in [3.8, 4) is 5.75 Å². The third-order valence-corrected chi connectivity index (χ3v) is 4.47. The number of aliphatic carboxylic acids is 1. The van der Waals surface area contributed by atoms with Crippen LogP contribution in [0.25, 0.3) is 0 Å². The average molecular weight is 362 g/mol. The summed E-state index contributed by atoms with van der Waals surface area (Å²) in [6, 6.07) is 6.68. The van der Waals surface area contributed by atoms with Crippen molar-refractivity contribution in [2.75, 3.05) is 19.7 Å². The normalized spacial score (nSPS) is 16.8. The Labute approximate surface area is 153 Å². The van der Waals surface area contributed by atoms with Gasteiger partial charge in [-0.3, -0.25) is 14.4 Å². The highest BCUT2D eigenvalue weighted by atomic mass is 16.5. The molecule has 1 aromatic carbocycles. The smallest absolute Gasteiger partial charge is 0.303 e. The van der Waals surface area contributed by atoms with E-state index in [9.17, 15) is 14.4 Å². The molecule has 0 aromatic heterocycles. The number of amides is 2. The van der Waals surface area contributed by atoms with E-state index in [-0.39, 0.29) is 30.8 Å². The summed E-state index contributed by atoms with van der Waals surface area (Å²) in [6.07, 6.45) is 3.21. The number of carbonyl (C=O) groups excluding carboxylic acids is 2. The van der Waals surface area contributed by atoms with Crippen LogP contribution in [0.15, 0.2) is 24.3 Å².